The summed E-state index contributed by atoms with van der Waals surface area (Å²) in [5, 5.41) is 79.9. The van der Waals surface area contributed by atoms with Gasteiger partial charge in [0.05, 0.1) is 12.7 Å². The summed E-state index contributed by atoms with van der Waals surface area (Å²) in [6.07, 6.45) is -13.9. The van der Waals surface area contributed by atoms with Gasteiger partial charge in [0.2, 0.25) is 12.6 Å². The van der Waals surface area contributed by atoms with Crippen LogP contribution in [0, 0.1) is 0 Å². The number of rotatable bonds is 6. The first kappa shape index (κ1) is 29.2. The highest BCUT2D eigenvalue weighted by molar-refractivity contribution is 5.86. The summed E-state index contributed by atoms with van der Waals surface area (Å²) in [7, 11) is 0. The van der Waals surface area contributed by atoms with Gasteiger partial charge < -0.3 is 64.2 Å². The monoisotopic (exact) mass is 578 g/mol. The van der Waals surface area contributed by atoms with Gasteiger partial charge in [0.15, 0.2) is 5.43 Å². The zero-order valence-electron chi connectivity index (χ0n) is 21.5. The summed E-state index contributed by atoms with van der Waals surface area (Å²) < 4.78 is 27.8. The van der Waals surface area contributed by atoms with Crippen molar-refractivity contribution in [2.75, 3.05) is 6.61 Å². The predicted molar refractivity (Wildman–Crippen MR) is 137 cm³/mol. The minimum atomic E-state index is -1.69. The topological polar surface area (TPSA) is 229 Å². The second-order valence-corrected chi connectivity index (χ2v) is 9.93. The van der Waals surface area contributed by atoms with E-state index < -0.39 is 79.2 Å². The van der Waals surface area contributed by atoms with E-state index in [1.54, 1.807) is 12.1 Å². The maximum Gasteiger partial charge on any atom is 0.229 e. The first-order valence-corrected chi connectivity index (χ1v) is 12.7. The van der Waals surface area contributed by atoms with Crippen LogP contribution in [-0.2, 0) is 9.47 Å². The quantitative estimate of drug-likeness (QED) is 0.167. The standard InChI is InChI=1S/C27H30O14/c1-10-20(31)22(33)24(35)26(37-10)38-12-4-2-11(3-5-12)16-8-15(30)19-14(29)6-13(7-17(19)40-16)39-27-25(36)23(34)21(32)18(9-28)41-27/h2-8,10,18,20-29,31-36H,9H2,1H3/t10-,18+,20+,21-,22+,23-,24+,25-,26+,27-/m1/s1. The number of fused-ring (bicyclic) bond motifs is 1. The number of aliphatic hydroxyl groups is 7. The number of aromatic hydroxyl groups is 1. The van der Waals surface area contributed by atoms with E-state index in [1.165, 1.54) is 31.2 Å². The molecule has 14 nitrogen and oxygen atoms in total. The van der Waals surface area contributed by atoms with Crippen molar-refractivity contribution in [1.29, 1.82) is 0 Å². The SMILES string of the molecule is C[C@H]1O[C@@H](Oc2ccc(-c3cc(=O)c4c(O)cc(O[C@@H]5O[C@@H](CO)[C@@H](O)[C@@H](O)[C@H]5O)cc4o3)cc2)[C@@H](O)[C@@H](O)[C@H]1O. The van der Waals surface area contributed by atoms with Crippen molar-refractivity contribution < 1.29 is 64.2 Å². The van der Waals surface area contributed by atoms with Gasteiger partial charge in [-0.05, 0) is 31.2 Å². The third-order valence-corrected chi connectivity index (χ3v) is 7.08. The minimum absolute atomic E-state index is 0.0762. The molecule has 5 rings (SSSR count). The van der Waals surface area contributed by atoms with Crippen LogP contribution in [0.2, 0.25) is 0 Å². The Morgan fingerprint density at radius 1 is 0.756 bits per heavy atom. The van der Waals surface area contributed by atoms with Gasteiger partial charge in [-0.15, -0.1) is 0 Å². The molecule has 0 radical (unpaired) electrons. The molecule has 2 aliphatic heterocycles. The molecule has 0 saturated carbocycles. The van der Waals surface area contributed by atoms with Gasteiger partial charge in [0.1, 0.15) is 76.7 Å². The van der Waals surface area contributed by atoms with E-state index in [9.17, 15) is 45.6 Å². The number of hydrogen-bond donors (Lipinski definition) is 8. The molecule has 2 fully saturated rings. The van der Waals surface area contributed by atoms with Gasteiger partial charge in [-0.2, -0.15) is 0 Å². The second-order valence-electron chi connectivity index (χ2n) is 9.93. The van der Waals surface area contributed by atoms with Crippen molar-refractivity contribution in [2.45, 2.75) is 68.3 Å². The van der Waals surface area contributed by atoms with Gasteiger partial charge in [-0.3, -0.25) is 4.79 Å². The van der Waals surface area contributed by atoms with Crippen LogP contribution in [0.5, 0.6) is 17.2 Å². The molecule has 2 saturated heterocycles. The van der Waals surface area contributed by atoms with Crippen LogP contribution in [0.3, 0.4) is 0 Å². The van der Waals surface area contributed by atoms with Crippen LogP contribution >= 0.6 is 0 Å². The molecule has 14 heteroatoms. The van der Waals surface area contributed by atoms with E-state index in [0.29, 0.717) is 5.56 Å². The van der Waals surface area contributed by atoms with E-state index in [-0.39, 0.29) is 28.2 Å². The van der Waals surface area contributed by atoms with Gasteiger partial charge in [-0.1, -0.05) is 0 Å². The molecular weight excluding hydrogens is 548 g/mol. The Balaban J connectivity index is 1.38. The third kappa shape index (κ3) is 5.61. The van der Waals surface area contributed by atoms with Gasteiger partial charge in [0, 0.05) is 23.8 Å². The zero-order chi connectivity index (χ0) is 29.6. The lowest BCUT2D eigenvalue weighted by Gasteiger charge is -2.39. The Morgan fingerprint density at radius 3 is 2.02 bits per heavy atom. The van der Waals surface area contributed by atoms with Gasteiger partial charge in [0.25, 0.3) is 0 Å². The molecule has 0 aliphatic carbocycles. The Kier molecular flexibility index (Phi) is 8.20. The highest BCUT2D eigenvalue weighted by atomic mass is 16.7. The Morgan fingerprint density at radius 2 is 1.37 bits per heavy atom. The number of aliphatic hydroxyl groups excluding tert-OH is 7. The van der Waals surface area contributed by atoms with E-state index in [1.807, 2.05) is 0 Å². The van der Waals surface area contributed by atoms with Crippen LogP contribution in [0.15, 0.2) is 51.7 Å². The average molecular weight is 579 g/mol. The molecule has 0 unspecified atom stereocenters. The molecule has 2 aliphatic rings. The largest absolute Gasteiger partial charge is 0.507 e. The second kappa shape index (κ2) is 11.5. The van der Waals surface area contributed by atoms with Crippen molar-refractivity contribution in [1.82, 2.24) is 0 Å². The molecule has 3 heterocycles. The van der Waals surface area contributed by atoms with Gasteiger partial charge in [-0.25, -0.2) is 0 Å². The molecule has 1 aromatic heterocycles. The van der Waals surface area contributed by atoms with E-state index in [2.05, 4.69) is 0 Å². The number of phenols is 1. The summed E-state index contributed by atoms with van der Waals surface area (Å²) >= 11 is 0. The lowest BCUT2D eigenvalue weighted by atomic mass is 9.99. The fourth-order valence-corrected chi connectivity index (χ4v) is 4.70. The Hall–Kier alpha value is -3.31. The van der Waals surface area contributed by atoms with Crippen molar-refractivity contribution in [3.8, 4) is 28.6 Å². The normalized spacial score (nSPS) is 34.0. The highest BCUT2D eigenvalue weighted by Gasteiger charge is 2.45. The fourth-order valence-electron chi connectivity index (χ4n) is 4.70. The first-order valence-electron chi connectivity index (χ1n) is 12.7. The highest BCUT2D eigenvalue weighted by Crippen LogP contribution is 2.34. The maximum atomic E-state index is 12.8. The molecule has 3 aromatic rings. The number of phenolic OH excluding ortho intramolecular Hbond substituents is 1. The Labute approximate surface area is 231 Å². The molecule has 8 N–H and O–H groups in total. The van der Waals surface area contributed by atoms with E-state index in [4.69, 9.17) is 23.4 Å². The summed E-state index contributed by atoms with van der Waals surface area (Å²) in [6, 6.07) is 9.65. The number of benzene rings is 2. The van der Waals surface area contributed by atoms with Crippen molar-refractivity contribution >= 4 is 11.0 Å². The maximum absolute atomic E-state index is 12.8. The van der Waals surface area contributed by atoms with Crippen molar-refractivity contribution in [3.05, 3.63) is 52.7 Å². The van der Waals surface area contributed by atoms with Gasteiger partial charge >= 0.3 is 0 Å². The molecular formula is C27H30O14. The summed E-state index contributed by atoms with van der Waals surface area (Å²) in [5.41, 5.74) is -0.212. The lowest BCUT2D eigenvalue weighted by Crippen LogP contribution is -2.60. The van der Waals surface area contributed by atoms with Crippen LogP contribution < -0.4 is 14.9 Å². The molecule has 0 amide bonds. The van der Waals surface area contributed by atoms with Crippen LogP contribution in [0.4, 0.5) is 0 Å². The first-order chi connectivity index (χ1) is 19.5. The van der Waals surface area contributed by atoms with E-state index in [0.717, 1.165) is 6.07 Å². The number of ether oxygens (including phenoxy) is 4. The molecule has 41 heavy (non-hydrogen) atoms. The van der Waals surface area contributed by atoms with Crippen LogP contribution in [0.25, 0.3) is 22.3 Å². The third-order valence-electron chi connectivity index (χ3n) is 7.08. The van der Waals surface area contributed by atoms with Crippen LogP contribution in [-0.4, -0.2) is 109 Å². The minimum Gasteiger partial charge on any atom is -0.507 e. The number of hydrogen-bond acceptors (Lipinski definition) is 14. The molecule has 222 valence electrons. The predicted octanol–water partition coefficient (Wildman–Crippen LogP) is -1.45. The summed E-state index contributed by atoms with van der Waals surface area (Å²) in [5.74, 6) is -0.223. The molecule has 0 spiro atoms. The Bertz CT molecular complexity index is 1420. The molecule has 0 bridgehead atoms. The van der Waals surface area contributed by atoms with Crippen LogP contribution in [0.1, 0.15) is 6.92 Å². The van der Waals surface area contributed by atoms with Crippen molar-refractivity contribution in [3.63, 3.8) is 0 Å². The fraction of sp³-hybridized carbons (Fsp3) is 0.444. The molecule has 10 atom stereocenters. The van der Waals surface area contributed by atoms with E-state index >= 15 is 0 Å². The zero-order valence-corrected chi connectivity index (χ0v) is 21.5. The lowest BCUT2D eigenvalue weighted by molar-refractivity contribution is -0.277. The average Bonchev–Trinajstić information content (AvgIpc) is 2.95. The summed E-state index contributed by atoms with van der Waals surface area (Å²) in [6.45, 7) is 0.868. The summed E-state index contributed by atoms with van der Waals surface area (Å²) in [4.78, 5) is 12.8. The van der Waals surface area contributed by atoms with Crippen molar-refractivity contribution in [2.24, 2.45) is 0 Å². The molecule has 2 aromatic carbocycles. The smallest absolute Gasteiger partial charge is 0.229 e.